The first-order valence-electron chi connectivity index (χ1n) is 10.4. The van der Waals surface area contributed by atoms with Crippen LogP contribution in [0.2, 0.25) is 0 Å². The number of hydrogen-bond acceptors (Lipinski definition) is 6. The smallest absolute Gasteiger partial charge is 0.246 e. The molecule has 0 aliphatic carbocycles. The summed E-state index contributed by atoms with van der Waals surface area (Å²) < 4.78 is 51.8. The Bertz CT molecular complexity index is 846. The molecular formula is C20H28FN3O5S. The second-order valence-corrected chi connectivity index (χ2v) is 9.85. The third-order valence-corrected chi connectivity index (χ3v) is 8.00. The zero-order valence-corrected chi connectivity index (χ0v) is 17.7. The van der Waals surface area contributed by atoms with Gasteiger partial charge in [-0.3, -0.25) is 9.69 Å². The second kappa shape index (κ2) is 9.27. The molecule has 3 aliphatic heterocycles. The Morgan fingerprint density at radius 1 is 1.00 bits per heavy atom. The van der Waals surface area contributed by atoms with Crippen LogP contribution < -0.4 is 0 Å². The molecule has 3 saturated heterocycles. The molecule has 3 heterocycles. The van der Waals surface area contributed by atoms with Crippen molar-refractivity contribution in [1.82, 2.24) is 14.1 Å². The number of ether oxygens (including phenoxy) is 2. The van der Waals surface area contributed by atoms with Crippen molar-refractivity contribution in [3.63, 3.8) is 0 Å². The van der Waals surface area contributed by atoms with E-state index in [9.17, 15) is 17.6 Å². The van der Waals surface area contributed by atoms with Crippen molar-refractivity contribution in [2.24, 2.45) is 5.92 Å². The van der Waals surface area contributed by atoms with E-state index < -0.39 is 15.8 Å². The second-order valence-electron chi connectivity index (χ2n) is 7.94. The number of piperidine rings is 1. The van der Waals surface area contributed by atoms with Crippen LogP contribution in [0.5, 0.6) is 0 Å². The van der Waals surface area contributed by atoms with Gasteiger partial charge in [-0.1, -0.05) is 12.1 Å². The predicted octanol–water partition coefficient (Wildman–Crippen LogP) is 0.744. The van der Waals surface area contributed by atoms with Gasteiger partial charge in [0.15, 0.2) is 6.29 Å². The van der Waals surface area contributed by atoms with E-state index in [-0.39, 0.29) is 30.2 Å². The minimum Gasteiger partial charge on any atom is -0.350 e. The van der Waals surface area contributed by atoms with Gasteiger partial charge in [0.1, 0.15) is 10.7 Å². The molecule has 10 heteroatoms. The Balaban J connectivity index is 1.25. The zero-order valence-electron chi connectivity index (χ0n) is 16.9. The fraction of sp³-hybridized carbons (Fsp3) is 0.650. The number of likely N-dealkylation sites (tertiary alicyclic amines) is 1. The molecule has 0 aromatic heterocycles. The summed E-state index contributed by atoms with van der Waals surface area (Å²) in [7, 11) is -3.90. The van der Waals surface area contributed by atoms with Crippen molar-refractivity contribution in [3.8, 4) is 0 Å². The minimum atomic E-state index is -3.90. The highest BCUT2D eigenvalue weighted by Gasteiger charge is 2.34. The lowest BCUT2D eigenvalue weighted by molar-refractivity contribution is -0.135. The normalized spacial score (nSPS) is 23.2. The van der Waals surface area contributed by atoms with Gasteiger partial charge in [0.25, 0.3) is 0 Å². The van der Waals surface area contributed by atoms with E-state index in [2.05, 4.69) is 4.90 Å². The molecule has 3 fully saturated rings. The van der Waals surface area contributed by atoms with E-state index in [0.717, 1.165) is 32.0 Å². The molecule has 0 saturated carbocycles. The van der Waals surface area contributed by atoms with Crippen LogP contribution in [0.1, 0.15) is 12.8 Å². The van der Waals surface area contributed by atoms with Gasteiger partial charge in [-0.05, 0) is 38.1 Å². The quantitative estimate of drug-likeness (QED) is 0.671. The number of carbonyl (C=O) groups excluding carboxylic acids is 1. The Kier molecular flexibility index (Phi) is 6.69. The van der Waals surface area contributed by atoms with E-state index in [0.29, 0.717) is 38.8 Å². The highest BCUT2D eigenvalue weighted by molar-refractivity contribution is 7.89. The number of hydrogen-bond donors (Lipinski definition) is 0. The molecular weight excluding hydrogens is 413 g/mol. The lowest BCUT2D eigenvalue weighted by Gasteiger charge is -2.37. The monoisotopic (exact) mass is 441 g/mol. The summed E-state index contributed by atoms with van der Waals surface area (Å²) in [6.45, 7) is 4.24. The van der Waals surface area contributed by atoms with Gasteiger partial charge in [0.05, 0.1) is 19.8 Å². The average Bonchev–Trinajstić information content (AvgIpc) is 3.29. The predicted molar refractivity (Wildman–Crippen MR) is 107 cm³/mol. The third-order valence-electron chi connectivity index (χ3n) is 6.07. The summed E-state index contributed by atoms with van der Waals surface area (Å²) in [6, 6.07) is 5.37. The summed E-state index contributed by atoms with van der Waals surface area (Å²) in [4.78, 5) is 16.2. The molecule has 0 N–H and O–H groups in total. The summed E-state index contributed by atoms with van der Waals surface area (Å²) in [5.74, 6) is -0.372. The number of sulfonamides is 1. The first-order chi connectivity index (χ1) is 14.4. The topological polar surface area (TPSA) is 79.4 Å². The van der Waals surface area contributed by atoms with Crippen molar-refractivity contribution in [2.45, 2.75) is 24.0 Å². The maximum absolute atomic E-state index is 13.9. The van der Waals surface area contributed by atoms with Crippen LogP contribution in [-0.2, 0) is 24.3 Å². The largest absolute Gasteiger partial charge is 0.350 e. The minimum absolute atomic E-state index is 0.00440. The number of halogens is 1. The van der Waals surface area contributed by atoms with Crippen LogP contribution in [0.25, 0.3) is 0 Å². The Morgan fingerprint density at radius 2 is 1.63 bits per heavy atom. The highest BCUT2D eigenvalue weighted by Crippen LogP contribution is 2.26. The van der Waals surface area contributed by atoms with Gasteiger partial charge < -0.3 is 14.4 Å². The summed E-state index contributed by atoms with van der Waals surface area (Å²) in [5, 5.41) is 0. The molecule has 8 nitrogen and oxygen atoms in total. The van der Waals surface area contributed by atoms with Crippen LogP contribution in [0.15, 0.2) is 29.2 Å². The van der Waals surface area contributed by atoms with Crippen LogP contribution in [-0.4, -0.2) is 93.7 Å². The first kappa shape index (κ1) is 21.6. The summed E-state index contributed by atoms with van der Waals surface area (Å²) in [6.07, 6.45) is 1.77. The Labute approximate surface area is 176 Å². The van der Waals surface area contributed by atoms with E-state index in [1.54, 1.807) is 4.90 Å². The van der Waals surface area contributed by atoms with Crippen LogP contribution in [0.3, 0.4) is 0 Å². The van der Waals surface area contributed by atoms with Gasteiger partial charge in [-0.15, -0.1) is 0 Å². The number of amides is 1. The van der Waals surface area contributed by atoms with Gasteiger partial charge in [0, 0.05) is 32.1 Å². The van der Waals surface area contributed by atoms with Crippen LogP contribution in [0.4, 0.5) is 4.39 Å². The summed E-state index contributed by atoms with van der Waals surface area (Å²) >= 11 is 0. The molecule has 30 heavy (non-hydrogen) atoms. The molecule has 0 bridgehead atoms. The highest BCUT2D eigenvalue weighted by atomic mass is 32.2. The zero-order chi connectivity index (χ0) is 21.1. The van der Waals surface area contributed by atoms with Crippen molar-refractivity contribution in [1.29, 1.82) is 0 Å². The molecule has 0 atom stereocenters. The number of benzene rings is 1. The maximum atomic E-state index is 13.9. The van der Waals surface area contributed by atoms with E-state index in [1.165, 1.54) is 22.5 Å². The van der Waals surface area contributed by atoms with Crippen molar-refractivity contribution >= 4 is 15.9 Å². The summed E-state index contributed by atoms with van der Waals surface area (Å²) in [5.41, 5.74) is 0. The van der Waals surface area contributed by atoms with E-state index in [4.69, 9.17) is 9.47 Å². The molecule has 4 rings (SSSR count). The Hall–Kier alpha value is -1.59. The number of rotatable bonds is 5. The van der Waals surface area contributed by atoms with Crippen molar-refractivity contribution < 1.29 is 27.1 Å². The number of carbonyl (C=O) groups is 1. The molecule has 3 aliphatic rings. The fourth-order valence-electron chi connectivity index (χ4n) is 4.29. The molecule has 1 aromatic carbocycles. The average molecular weight is 442 g/mol. The Morgan fingerprint density at radius 3 is 2.27 bits per heavy atom. The van der Waals surface area contributed by atoms with Gasteiger partial charge in [-0.2, -0.15) is 4.31 Å². The lowest BCUT2D eigenvalue weighted by Crippen LogP contribution is -2.53. The number of piperazine rings is 1. The molecule has 1 amide bonds. The van der Waals surface area contributed by atoms with Crippen LogP contribution >= 0.6 is 0 Å². The third kappa shape index (κ3) is 4.67. The lowest BCUT2D eigenvalue weighted by atomic mass is 9.96. The standard InChI is InChI=1S/C20H28FN3O5S/c21-17-3-1-2-4-18(17)30(26,27)24-11-9-23(10-12-24)19(25)15-22-7-5-16(6-8-22)20-28-13-14-29-20/h1-4,16,20H,5-15H2. The first-order valence-corrected chi connectivity index (χ1v) is 11.9. The van der Waals surface area contributed by atoms with Gasteiger partial charge >= 0.3 is 0 Å². The molecule has 166 valence electrons. The van der Waals surface area contributed by atoms with Gasteiger partial charge in [0.2, 0.25) is 15.9 Å². The van der Waals surface area contributed by atoms with Crippen molar-refractivity contribution in [3.05, 3.63) is 30.1 Å². The maximum Gasteiger partial charge on any atom is 0.246 e. The molecule has 1 aromatic rings. The van der Waals surface area contributed by atoms with E-state index >= 15 is 0 Å². The SMILES string of the molecule is O=C(CN1CCC(C2OCCO2)CC1)N1CCN(S(=O)(=O)c2ccccc2F)CC1. The molecule has 0 radical (unpaired) electrons. The molecule has 0 unspecified atom stereocenters. The van der Waals surface area contributed by atoms with Crippen molar-refractivity contribution in [2.75, 3.05) is 59.0 Å². The van der Waals surface area contributed by atoms with Gasteiger partial charge in [-0.25, -0.2) is 12.8 Å². The molecule has 0 spiro atoms. The fourth-order valence-corrected chi connectivity index (χ4v) is 5.78. The van der Waals surface area contributed by atoms with E-state index in [1.807, 2.05) is 0 Å². The van der Waals surface area contributed by atoms with Crippen LogP contribution in [0, 0.1) is 11.7 Å². The number of nitrogens with zero attached hydrogens (tertiary/aromatic N) is 3.